The van der Waals surface area contributed by atoms with E-state index < -0.39 is 0 Å². The number of amides is 1. The molecule has 0 aliphatic heterocycles. The average Bonchev–Trinajstić information content (AvgIpc) is 3.51. The summed E-state index contributed by atoms with van der Waals surface area (Å²) in [6, 6.07) is 14.4. The van der Waals surface area contributed by atoms with Crippen molar-refractivity contribution in [2.75, 3.05) is 0 Å². The Kier molecular flexibility index (Phi) is 4.53. The van der Waals surface area contributed by atoms with Crippen LogP contribution in [0.4, 0.5) is 0 Å². The molecule has 7 nitrogen and oxygen atoms in total. The second-order valence-corrected chi connectivity index (χ2v) is 6.66. The molecule has 0 bridgehead atoms. The van der Waals surface area contributed by atoms with Crippen LogP contribution in [0, 0.1) is 0 Å². The summed E-state index contributed by atoms with van der Waals surface area (Å²) in [5.41, 5.74) is 4.74. The lowest BCUT2D eigenvalue weighted by Crippen LogP contribution is -2.22. The average molecular weight is 396 g/mol. The fraction of sp³-hybridized carbons (Fsp3) is 0.0435. The molecule has 0 unspecified atom stereocenters. The predicted molar refractivity (Wildman–Crippen MR) is 110 cm³/mol. The van der Waals surface area contributed by atoms with Crippen LogP contribution in [-0.2, 0) is 6.54 Å². The number of carbonyl (C=O) groups excluding carboxylic acids is 1. The van der Waals surface area contributed by atoms with Gasteiger partial charge >= 0.3 is 0 Å². The first kappa shape index (κ1) is 17.8. The molecular formula is C23H16N4O3. The lowest BCUT2D eigenvalue weighted by Gasteiger charge is -2.09. The Morgan fingerprint density at radius 3 is 2.67 bits per heavy atom. The summed E-state index contributed by atoms with van der Waals surface area (Å²) in [6.07, 6.45) is 8.20. The van der Waals surface area contributed by atoms with E-state index in [1.807, 2.05) is 24.3 Å². The van der Waals surface area contributed by atoms with Crippen molar-refractivity contribution < 1.29 is 13.6 Å². The van der Waals surface area contributed by atoms with Crippen LogP contribution in [0.3, 0.4) is 0 Å². The number of furan rings is 2. The number of nitrogens with one attached hydrogen (secondary N) is 1. The van der Waals surface area contributed by atoms with Crippen LogP contribution < -0.4 is 5.32 Å². The number of hydrogen-bond acceptors (Lipinski definition) is 6. The van der Waals surface area contributed by atoms with Gasteiger partial charge in [0.15, 0.2) is 5.76 Å². The van der Waals surface area contributed by atoms with Crippen molar-refractivity contribution in [2.24, 2.45) is 0 Å². The molecule has 30 heavy (non-hydrogen) atoms. The normalized spacial score (nSPS) is 10.9. The predicted octanol–water partition coefficient (Wildman–Crippen LogP) is 4.47. The van der Waals surface area contributed by atoms with Gasteiger partial charge in [-0.25, -0.2) is 9.97 Å². The molecule has 0 saturated carbocycles. The van der Waals surface area contributed by atoms with Gasteiger partial charge in [-0.1, -0.05) is 6.07 Å². The van der Waals surface area contributed by atoms with Gasteiger partial charge in [-0.15, -0.1) is 0 Å². The quantitative estimate of drug-likeness (QED) is 0.471. The fourth-order valence-electron chi connectivity index (χ4n) is 3.17. The number of hydrogen-bond donors (Lipinski definition) is 1. The maximum absolute atomic E-state index is 12.6. The number of fused-ring (bicyclic) bond motifs is 1. The maximum Gasteiger partial charge on any atom is 0.251 e. The monoisotopic (exact) mass is 396 g/mol. The summed E-state index contributed by atoms with van der Waals surface area (Å²) >= 11 is 0. The van der Waals surface area contributed by atoms with Gasteiger partial charge in [0.2, 0.25) is 0 Å². The van der Waals surface area contributed by atoms with E-state index in [1.165, 1.54) is 0 Å². The SMILES string of the molecule is O=C(NCc1cccnc1)c1ccc2nc(-c3ccoc3)c(-c3ccco3)nc2c1. The highest BCUT2D eigenvalue weighted by Crippen LogP contribution is 2.31. The van der Waals surface area contributed by atoms with Crippen molar-refractivity contribution in [3.8, 4) is 22.7 Å². The molecule has 0 fully saturated rings. The van der Waals surface area contributed by atoms with E-state index >= 15 is 0 Å². The fourth-order valence-corrected chi connectivity index (χ4v) is 3.17. The molecule has 0 aliphatic carbocycles. The highest BCUT2D eigenvalue weighted by atomic mass is 16.3. The molecule has 0 spiro atoms. The second-order valence-electron chi connectivity index (χ2n) is 6.66. The van der Waals surface area contributed by atoms with Crippen LogP contribution in [0.1, 0.15) is 15.9 Å². The Morgan fingerprint density at radius 1 is 0.967 bits per heavy atom. The first-order valence-electron chi connectivity index (χ1n) is 9.33. The van der Waals surface area contributed by atoms with E-state index in [-0.39, 0.29) is 5.91 Å². The number of aromatic nitrogens is 3. The van der Waals surface area contributed by atoms with Crippen LogP contribution in [0.2, 0.25) is 0 Å². The Labute approximate surface area is 171 Å². The summed E-state index contributed by atoms with van der Waals surface area (Å²) in [6.45, 7) is 0.396. The first-order chi connectivity index (χ1) is 14.8. The van der Waals surface area contributed by atoms with Gasteiger partial charge in [0, 0.05) is 30.1 Å². The number of nitrogens with zero attached hydrogens (tertiary/aromatic N) is 3. The number of carbonyl (C=O) groups is 1. The molecular weight excluding hydrogens is 380 g/mol. The summed E-state index contributed by atoms with van der Waals surface area (Å²) in [5.74, 6) is 0.396. The first-order valence-corrected chi connectivity index (χ1v) is 9.33. The lowest BCUT2D eigenvalue weighted by atomic mass is 10.1. The van der Waals surface area contributed by atoms with E-state index in [2.05, 4.69) is 10.3 Å². The summed E-state index contributed by atoms with van der Waals surface area (Å²) < 4.78 is 10.8. The van der Waals surface area contributed by atoms with Crippen molar-refractivity contribution in [3.05, 3.63) is 90.8 Å². The molecule has 1 amide bonds. The van der Waals surface area contributed by atoms with Crippen molar-refractivity contribution in [2.45, 2.75) is 6.54 Å². The highest BCUT2D eigenvalue weighted by molar-refractivity contribution is 5.98. The molecule has 0 aliphatic rings. The van der Waals surface area contributed by atoms with Crippen molar-refractivity contribution in [3.63, 3.8) is 0 Å². The largest absolute Gasteiger partial charge is 0.472 e. The zero-order chi connectivity index (χ0) is 20.3. The third-order valence-corrected chi connectivity index (χ3v) is 4.65. The van der Waals surface area contributed by atoms with Crippen molar-refractivity contribution >= 4 is 16.9 Å². The Morgan fingerprint density at radius 2 is 1.90 bits per heavy atom. The number of rotatable bonds is 5. The molecule has 5 aromatic rings. The lowest BCUT2D eigenvalue weighted by molar-refractivity contribution is 0.0951. The van der Waals surface area contributed by atoms with E-state index in [9.17, 15) is 4.79 Å². The van der Waals surface area contributed by atoms with Crippen LogP contribution >= 0.6 is 0 Å². The molecule has 5 rings (SSSR count). The molecule has 4 aromatic heterocycles. The molecule has 1 aromatic carbocycles. The second kappa shape index (κ2) is 7.63. The number of pyridine rings is 1. The van der Waals surface area contributed by atoms with E-state index in [0.29, 0.717) is 40.3 Å². The minimum atomic E-state index is -0.194. The van der Waals surface area contributed by atoms with Gasteiger partial charge in [0.1, 0.15) is 11.4 Å². The Bertz CT molecular complexity index is 1300. The standard InChI is InChI=1S/C23H16N4O3/c28-23(25-13-15-3-1-8-24-12-15)16-5-6-18-19(11-16)27-22(20-4-2-9-30-20)21(26-18)17-7-10-29-14-17/h1-12,14H,13H2,(H,25,28). The van der Waals surface area contributed by atoms with Crippen LogP contribution in [0.15, 0.2) is 88.5 Å². The zero-order valence-corrected chi connectivity index (χ0v) is 15.8. The third kappa shape index (κ3) is 3.44. The Balaban J connectivity index is 1.51. The number of benzene rings is 1. The minimum Gasteiger partial charge on any atom is -0.472 e. The highest BCUT2D eigenvalue weighted by Gasteiger charge is 2.17. The molecule has 4 heterocycles. The molecule has 0 atom stereocenters. The van der Waals surface area contributed by atoms with Gasteiger partial charge in [-0.2, -0.15) is 0 Å². The van der Waals surface area contributed by atoms with Crippen molar-refractivity contribution in [1.82, 2.24) is 20.3 Å². The summed E-state index contributed by atoms with van der Waals surface area (Å²) in [4.78, 5) is 26.2. The Hall–Kier alpha value is -4.26. The maximum atomic E-state index is 12.6. The van der Waals surface area contributed by atoms with Crippen LogP contribution in [0.25, 0.3) is 33.7 Å². The van der Waals surface area contributed by atoms with Crippen LogP contribution in [0.5, 0.6) is 0 Å². The molecule has 1 N–H and O–H groups in total. The molecule has 0 radical (unpaired) electrons. The third-order valence-electron chi connectivity index (χ3n) is 4.65. The van der Waals surface area contributed by atoms with E-state index in [4.69, 9.17) is 18.8 Å². The smallest absolute Gasteiger partial charge is 0.251 e. The zero-order valence-electron chi connectivity index (χ0n) is 15.8. The van der Waals surface area contributed by atoms with E-state index in [0.717, 1.165) is 11.1 Å². The summed E-state index contributed by atoms with van der Waals surface area (Å²) in [7, 11) is 0. The van der Waals surface area contributed by atoms with Crippen LogP contribution in [-0.4, -0.2) is 20.9 Å². The molecule has 146 valence electrons. The van der Waals surface area contributed by atoms with Gasteiger partial charge in [-0.3, -0.25) is 9.78 Å². The van der Waals surface area contributed by atoms with Gasteiger partial charge in [-0.05, 0) is 48.0 Å². The molecule has 0 saturated heterocycles. The van der Waals surface area contributed by atoms with Crippen molar-refractivity contribution in [1.29, 1.82) is 0 Å². The summed E-state index contributed by atoms with van der Waals surface area (Å²) in [5, 5.41) is 2.90. The van der Waals surface area contributed by atoms with Gasteiger partial charge < -0.3 is 14.2 Å². The topological polar surface area (TPSA) is 94.1 Å². The molecule has 7 heteroatoms. The van der Waals surface area contributed by atoms with Gasteiger partial charge in [0.25, 0.3) is 5.91 Å². The minimum absolute atomic E-state index is 0.194. The van der Waals surface area contributed by atoms with Gasteiger partial charge in [0.05, 0.1) is 29.8 Å². The van der Waals surface area contributed by atoms with E-state index in [1.54, 1.807) is 55.4 Å².